The number of fused-ring (bicyclic) bond motifs is 1. The molecular formula is C15H24ClNO4. The molecule has 21 heavy (non-hydrogen) atoms. The summed E-state index contributed by atoms with van der Waals surface area (Å²) >= 11 is 0. The predicted molar refractivity (Wildman–Crippen MR) is 83.8 cm³/mol. The van der Waals surface area contributed by atoms with E-state index in [-0.39, 0.29) is 18.5 Å². The molecule has 0 saturated heterocycles. The Bertz CT molecular complexity index is 392. The third-order valence-electron chi connectivity index (χ3n) is 3.01. The van der Waals surface area contributed by atoms with E-state index in [0.29, 0.717) is 19.8 Å². The summed E-state index contributed by atoms with van der Waals surface area (Å²) < 4.78 is 21.8. The maximum atomic E-state index is 5.86. The van der Waals surface area contributed by atoms with Gasteiger partial charge >= 0.3 is 0 Å². The van der Waals surface area contributed by atoms with Crippen LogP contribution in [0.3, 0.4) is 0 Å². The Kier molecular flexibility index (Phi) is 9.17. The van der Waals surface area contributed by atoms with Gasteiger partial charge in [-0.3, -0.25) is 0 Å². The number of para-hydroxylation sites is 2. The number of rotatable bonds is 9. The summed E-state index contributed by atoms with van der Waals surface area (Å²) in [7, 11) is 1.68. The lowest BCUT2D eigenvalue weighted by atomic mass is 10.2. The maximum Gasteiger partial charge on any atom is 0.161 e. The third kappa shape index (κ3) is 6.52. The zero-order valence-electron chi connectivity index (χ0n) is 12.4. The fourth-order valence-electron chi connectivity index (χ4n) is 1.97. The van der Waals surface area contributed by atoms with Crippen LogP contribution in [0.1, 0.15) is 6.42 Å². The lowest BCUT2D eigenvalue weighted by molar-refractivity contribution is 0.0678. The summed E-state index contributed by atoms with van der Waals surface area (Å²) in [6.45, 7) is 4.35. The lowest BCUT2D eigenvalue weighted by Gasteiger charge is -2.26. The summed E-state index contributed by atoms with van der Waals surface area (Å²) in [6.07, 6.45) is 1.05. The summed E-state index contributed by atoms with van der Waals surface area (Å²) in [5.74, 6) is 1.66. The molecule has 1 unspecified atom stereocenters. The number of hydrogen-bond donors (Lipinski definition) is 1. The number of methoxy groups -OCH3 is 1. The Morgan fingerprint density at radius 3 is 2.81 bits per heavy atom. The van der Waals surface area contributed by atoms with Gasteiger partial charge in [0.1, 0.15) is 12.7 Å². The van der Waals surface area contributed by atoms with Crippen molar-refractivity contribution < 1.29 is 18.9 Å². The first-order chi connectivity index (χ1) is 9.90. The van der Waals surface area contributed by atoms with Crippen molar-refractivity contribution in [2.75, 3.05) is 46.6 Å². The molecule has 1 aliphatic rings. The second kappa shape index (κ2) is 10.7. The van der Waals surface area contributed by atoms with Gasteiger partial charge in [0.15, 0.2) is 11.5 Å². The van der Waals surface area contributed by atoms with Crippen molar-refractivity contribution in [1.82, 2.24) is 5.32 Å². The SMILES string of the molecule is COCCOCCCNCC1COc2ccccc2O1.Cl. The predicted octanol–water partition coefficient (Wildman–Crippen LogP) is 1.89. The molecule has 1 aromatic rings. The van der Waals surface area contributed by atoms with E-state index < -0.39 is 0 Å². The van der Waals surface area contributed by atoms with Crippen LogP contribution in [0, 0.1) is 0 Å². The molecule has 2 rings (SSSR count). The third-order valence-corrected chi connectivity index (χ3v) is 3.01. The highest BCUT2D eigenvalue weighted by molar-refractivity contribution is 5.85. The van der Waals surface area contributed by atoms with Crippen LogP contribution < -0.4 is 14.8 Å². The van der Waals surface area contributed by atoms with Crippen molar-refractivity contribution in [2.24, 2.45) is 0 Å². The molecule has 1 atom stereocenters. The molecule has 0 amide bonds. The molecule has 5 nitrogen and oxygen atoms in total. The van der Waals surface area contributed by atoms with E-state index in [1.165, 1.54) is 0 Å². The summed E-state index contributed by atoms with van der Waals surface area (Å²) in [5, 5.41) is 3.36. The standard InChI is InChI=1S/C15H23NO4.ClH/c1-17-9-10-18-8-4-7-16-11-13-12-19-14-5-2-3-6-15(14)20-13;/h2-3,5-6,13,16H,4,7-12H2,1H3;1H. The second-order valence-corrected chi connectivity index (χ2v) is 4.66. The van der Waals surface area contributed by atoms with E-state index >= 15 is 0 Å². The average Bonchev–Trinajstić information content (AvgIpc) is 2.50. The minimum absolute atomic E-state index is 0. The minimum Gasteiger partial charge on any atom is -0.486 e. The van der Waals surface area contributed by atoms with Gasteiger partial charge in [-0.25, -0.2) is 0 Å². The normalized spacial score (nSPS) is 16.3. The summed E-state index contributed by atoms with van der Waals surface area (Å²) in [5.41, 5.74) is 0. The molecule has 0 saturated carbocycles. The highest BCUT2D eigenvalue weighted by Gasteiger charge is 2.19. The van der Waals surface area contributed by atoms with Gasteiger partial charge in [-0.15, -0.1) is 12.4 Å². The Morgan fingerprint density at radius 1 is 1.19 bits per heavy atom. The van der Waals surface area contributed by atoms with Gasteiger partial charge in [0.25, 0.3) is 0 Å². The van der Waals surface area contributed by atoms with Crippen LogP contribution in [0.4, 0.5) is 0 Å². The van der Waals surface area contributed by atoms with Gasteiger partial charge < -0.3 is 24.3 Å². The van der Waals surface area contributed by atoms with E-state index in [4.69, 9.17) is 18.9 Å². The van der Waals surface area contributed by atoms with Crippen LogP contribution in [0.5, 0.6) is 11.5 Å². The Balaban J connectivity index is 0.00000220. The average molecular weight is 318 g/mol. The molecule has 1 aliphatic heterocycles. The van der Waals surface area contributed by atoms with Crippen molar-refractivity contribution in [1.29, 1.82) is 0 Å². The Morgan fingerprint density at radius 2 is 2.00 bits per heavy atom. The first kappa shape index (κ1) is 18.0. The first-order valence-electron chi connectivity index (χ1n) is 7.06. The monoisotopic (exact) mass is 317 g/mol. The van der Waals surface area contributed by atoms with Crippen LogP contribution in [0.2, 0.25) is 0 Å². The molecule has 0 bridgehead atoms. The molecule has 0 aromatic heterocycles. The van der Waals surface area contributed by atoms with Crippen molar-refractivity contribution in [3.63, 3.8) is 0 Å². The zero-order chi connectivity index (χ0) is 14.0. The van der Waals surface area contributed by atoms with Crippen LogP contribution in [-0.4, -0.2) is 52.7 Å². The molecule has 0 aliphatic carbocycles. The molecule has 1 aromatic carbocycles. The largest absolute Gasteiger partial charge is 0.486 e. The van der Waals surface area contributed by atoms with Gasteiger partial charge in [-0.05, 0) is 25.1 Å². The van der Waals surface area contributed by atoms with Crippen LogP contribution in [0.25, 0.3) is 0 Å². The smallest absolute Gasteiger partial charge is 0.161 e. The Labute approximate surface area is 132 Å². The highest BCUT2D eigenvalue weighted by Crippen LogP contribution is 2.30. The summed E-state index contributed by atoms with van der Waals surface area (Å²) in [6, 6.07) is 7.77. The molecule has 0 spiro atoms. The molecule has 1 N–H and O–H groups in total. The molecule has 0 fully saturated rings. The number of ether oxygens (including phenoxy) is 4. The fraction of sp³-hybridized carbons (Fsp3) is 0.600. The zero-order valence-corrected chi connectivity index (χ0v) is 13.2. The van der Waals surface area contributed by atoms with E-state index in [0.717, 1.165) is 37.6 Å². The van der Waals surface area contributed by atoms with Crippen LogP contribution >= 0.6 is 12.4 Å². The van der Waals surface area contributed by atoms with Crippen molar-refractivity contribution >= 4 is 12.4 Å². The number of halogens is 1. The second-order valence-electron chi connectivity index (χ2n) is 4.66. The van der Waals surface area contributed by atoms with Gasteiger partial charge in [0.2, 0.25) is 0 Å². The minimum atomic E-state index is 0. The fourth-order valence-corrected chi connectivity index (χ4v) is 1.97. The van der Waals surface area contributed by atoms with E-state index in [1.807, 2.05) is 24.3 Å². The van der Waals surface area contributed by atoms with Crippen molar-refractivity contribution in [3.05, 3.63) is 24.3 Å². The topological polar surface area (TPSA) is 49.0 Å². The molecule has 0 radical (unpaired) electrons. The van der Waals surface area contributed by atoms with Gasteiger partial charge in [0.05, 0.1) is 13.2 Å². The molecule has 120 valence electrons. The van der Waals surface area contributed by atoms with Crippen LogP contribution in [-0.2, 0) is 9.47 Å². The van der Waals surface area contributed by atoms with Crippen LogP contribution in [0.15, 0.2) is 24.3 Å². The maximum absolute atomic E-state index is 5.86. The quantitative estimate of drug-likeness (QED) is 0.705. The van der Waals surface area contributed by atoms with Gasteiger partial charge in [-0.1, -0.05) is 12.1 Å². The van der Waals surface area contributed by atoms with E-state index in [2.05, 4.69) is 5.32 Å². The number of hydrogen-bond acceptors (Lipinski definition) is 5. The van der Waals surface area contributed by atoms with Crippen molar-refractivity contribution in [2.45, 2.75) is 12.5 Å². The Hall–Kier alpha value is -1.01. The molecule has 1 heterocycles. The summed E-state index contributed by atoms with van der Waals surface area (Å²) in [4.78, 5) is 0. The first-order valence-corrected chi connectivity index (χ1v) is 7.06. The highest BCUT2D eigenvalue weighted by atomic mass is 35.5. The molecular weight excluding hydrogens is 294 g/mol. The number of benzene rings is 1. The van der Waals surface area contributed by atoms with E-state index in [9.17, 15) is 0 Å². The van der Waals surface area contributed by atoms with Gasteiger partial charge in [0, 0.05) is 20.3 Å². The van der Waals surface area contributed by atoms with Gasteiger partial charge in [-0.2, -0.15) is 0 Å². The molecule has 6 heteroatoms. The van der Waals surface area contributed by atoms with E-state index in [1.54, 1.807) is 7.11 Å². The van der Waals surface area contributed by atoms with Crippen molar-refractivity contribution in [3.8, 4) is 11.5 Å². The number of nitrogens with one attached hydrogen (secondary N) is 1. The lowest BCUT2D eigenvalue weighted by Crippen LogP contribution is -2.38.